The van der Waals surface area contributed by atoms with Gasteiger partial charge in [0.15, 0.2) is 17.1 Å². The van der Waals surface area contributed by atoms with E-state index in [9.17, 15) is 5.11 Å². The van der Waals surface area contributed by atoms with Gasteiger partial charge in [-0.25, -0.2) is 4.98 Å². The van der Waals surface area contributed by atoms with Crippen LogP contribution in [-0.2, 0) is 0 Å². The average molecular weight is 372 g/mol. The molecule has 0 bridgehead atoms. The van der Waals surface area contributed by atoms with Crippen LogP contribution in [-0.4, -0.2) is 22.9 Å². The van der Waals surface area contributed by atoms with Crippen molar-refractivity contribution >= 4 is 23.0 Å². The normalized spacial score (nSPS) is 11.4. The zero-order chi connectivity index (χ0) is 19.5. The van der Waals surface area contributed by atoms with Crippen molar-refractivity contribution in [3.63, 3.8) is 0 Å². The number of benzene rings is 3. The first-order valence-corrected chi connectivity index (χ1v) is 9.11. The SMILES string of the molecule is CCOc1cccc(C=Nc2ccc3oc(-c4ccccc4C)nc3c2)c1O. The maximum Gasteiger partial charge on any atom is 0.227 e. The Morgan fingerprint density at radius 3 is 2.79 bits per heavy atom. The Labute approximate surface area is 163 Å². The van der Waals surface area contributed by atoms with Crippen molar-refractivity contribution in [3.05, 3.63) is 71.8 Å². The van der Waals surface area contributed by atoms with Gasteiger partial charge in [-0.15, -0.1) is 0 Å². The van der Waals surface area contributed by atoms with Gasteiger partial charge in [0.1, 0.15) is 5.52 Å². The molecule has 0 saturated heterocycles. The fourth-order valence-corrected chi connectivity index (χ4v) is 2.98. The van der Waals surface area contributed by atoms with Crippen LogP contribution in [0.3, 0.4) is 0 Å². The van der Waals surface area contributed by atoms with E-state index in [-0.39, 0.29) is 5.75 Å². The highest BCUT2D eigenvalue weighted by molar-refractivity contribution is 5.88. The number of hydrogen-bond donors (Lipinski definition) is 1. The minimum absolute atomic E-state index is 0.0810. The highest BCUT2D eigenvalue weighted by atomic mass is 16.5. The molecule has 5 nitrogen and oxygen atoms in total. The number of para-hydroxylation sites is 1. The molecule has 0 spiro atoms. The number of aryl methyl sites for hydroxylation is 1. The smallest absolute Gasteiger partial charge is 0.227 e. The van der Waals surface area contributed by atoms with Gasteiger partial charge in [-0.3, -0.25) is 4.99 Å². The zero-order valence-electron chi connectivity index (χ0n) is 15.7. The van der Waals surface area contributed by atoms with Gasteiger partial charge in [-0.05, 0) is 55.8 Å². The van der Waals surface area contributed by atoms with Crippen molar-refractivity contribution in [1.29, 1.82) is 0 Å². The molecule has 1 N–H and O–H groups in total. The molecule has 0 atom stereocenters. The molecule has 0 unspecified atom stereocenters. The molecule has 5 heteroatoms. The van der Waals surface area contributed by atoms with Gasteiger partial charge in [0.25, 0.3) is 0 Å². The van der Waals surface area contributed by atoms with Crippen molar-refractivity contribution in [3.8, 4) is 23.0 Å². The number of rotatable bonds is 5. The van der Waals surface area contributed by atoms with E-state index < -0.39 is 0 Å². The van der Waals surface area contributed by atoms with E-state index in [0.29, 0.717) is 29.4 Å². The van der Waals surface area contributed by atoms with Gasteiger partial charge in [0, 0.05) is 17.3 Å². The first-order valence-electron chi connectivity index (χ1n) is 9.11. The van der Waals surface area contributed by atoms with E-state index in [1.54, 1.807) is 18.3 Å². The number of nitrogens with zero attached hydrogens (tertiary/aromatic N) is 2. The number of aromatic hydroxyl groups is 1. The predicted molar refractivity (Wildman–Crippen MR) is 111 cm³/mol. The third kappa shape index (κ3) is 3.47. The zero-order valence-corrected chi connectivity index (χ0v) is 15.7. The summed E-state index contributed by atoms with van der Waals surface area (Å²) in [7, 11) is 0. The third-order valence-electron chi connectivity index (χ3n) is 4.43. The molecular weight excluding hydrogens is 352 g/mol. The second kappa shape index (κ2) is 7.56. The van der Waals surface area contributed by atoms with Gasteiger partial charge in [-0.2, -0.15) is 0 Å². The van der Waals surface area contributed by atoms with Gasteiger partial charge in [-0.1, -0.05) is 24.3 Å². The fraction of sp³-hybridized carbons (Fsp3) is 0.130. The maximum atomic E-state index is 10.3. The number of fused-ring (bicyclic) bond motifs is 1. The number of phenolic OH excluding ortho intramolecular Hbond substituents is 1. The predicted octanol–water partition coefficient (Wildman–Crippen LogP) is 5.66. The van der Waals surface area contributed by atoms with Crippen LogP contribution in [0.5, 0.6) is 11.5 Å². The molecule has 1 heterocycles. The second-order valence-electron chi connectivity index (χ2n) is 6.37. The number of aliphatic imine (C=N–C) groups is 1. The quantitative estimate of drug-likeness (QED) is 0.459. The van der Waals surface area contributed by atoms with Crippen molar-refractivity contribution < 1.29 is 14.3 Å². The monoisotopic (exact) mass is 372 g/mol. The van der Waals surface area contributed by atoms with E-state index in [0.717, 1.165) is 22.3 Å². The van der Waals surface area contributed by atoms with Crippen LogP contribution in [0.4, 0.5) is 5.69 Å². The number of ether oxygens (including phenoxy) is 1. The highest BCUT2D eigenvalue weighted by Crippen LogP contribution is 2.31. The van der Waals surface area contributed by atoms with Crippen LogP contribution < -0.4 is 4.74 Å². The molecule has 0 radical (unpaired) electrons. The standard InChI is InChI=1S/C23H20N2O3/c1-3-27-21-10-6-8-16(22(21)26)14-24-17-11-12-20-19(13-17)25-23(28-20)18-9-5-4-7-15(18)2/h4-14,26H,3H2,1-2H3. The van der Waals surface area contributed by atoms with Crippen LogP contribution in [0.1, 0.15) is 18.1 Å². The lowest BCUT2D eigenvalue weighted by atomic mass is 10.1. The van der Waals surface area contributed by atoms with Gasteiger partial charge in [0.05, 0.1) is 12.3 Å². The second-order valence-corrected chi connectivity index (χ2v) is 6.37. The highest BCUT2D eigenvalue weighted by Gasteiger charge is 2.11. The van der Waals surface area contributed by atoms with E-state index in [1.165, 1.54) is 0 Å². The summed E-state index contributed by atoms with van der Waals surface area (Å²) in [5.41, 5.74) is 4.84. The molecule has 0 aliphatic rings. The Hall–Kier alpha value is -3.60. The summed E-state index contributed by atoms with van der Waals surface area (Å²) in [6.07, 6.45) is 1.61. The molecule has 0 aliphatic heterocycles. The first-order chi connectivity index (χ1) is 13.7. The molecule has 1 aromatic heterocycles. The average Bonchev–Trinajstić information content (AvgIpc) is 3.12. The summed E-state index contributed by atoms with van der Waals surface area (Å²) >= 11 is 0. The lowest BCUT2D eigenvalue weighted by Crippen LogP contribution is -1.93. The lowest BCUT2D eigenvalue weighted by Gasteiger charge is -2.07. The van der Waals surface area contributed by atoms with Gasteiger partial charge < -0.3 is 14.3 Å². The summed E-state index contributed by atoms with van der Waals surface area (Å²) in [4.78, 5) is 9.07. The first kappa shape index (κ1) is 17.8. The van der Waals surface area contributed by atoms with Crippen molar-refractivity contribution in [2.75, 3.05) is 6.61 Å². The molecule has 0 amide bonds. The number of hydrogen-bond acceptors (Lipinski definition) is 5. The molecule has 3 aromatic carbocycles. The van der Waals surface area contributed by atoms with E-state index >= 15 is 0 Å². The number of oxazole rings is 1. The van der Waals surface area contributed by atoms with E-state index in [1.807, 2.05) is 62.4 Å². The Morgan fingerprint density at radius 1 is 1.11 bits per heavy atom. The summed E-state index contributed by atoms with van der Waals surface area (Å²) in [5, 5.41) is 10.3. The van der Waals surface area contributed by atoms with E-state index in [2.05, 4.69) is 9.98 Å². The molecule has 4 aromatic rings. The molecule has 0 aliphatic carbocycles. The van der Waals surface area contributed by atoms with Crippen molar-refractivity contribution in [2.24, 2.45) is 4.99 Å². The largest absolute Gasteiger partial charge is 0.504 e. The Bertz CT molecular complexity index is 1160. The third-order valence-corrected chi connectivity index (χ3v) is 4.43. The Morgan fingerprint density at radius 2 is 1.96 bits per heavy atom. The van der Waals surface area contributed by atoms with E-state index in [4.69, 9.17) is 9.15 Å². The van der Waals surface area contributed by atoms with Crippen LogP contribution >= 0.6 is 0 Å². The number of phenols is 1. The summed E-state index contributed by atoms with van der Waals surface area (Å²) < 4.78 is 11.3. The molecule has 0 saturated carbocycles. The fourth-order valence-electron chi connectivity index (χ4n) is 2.98. The molecule has 28 heavy (non-hydrogen) atoms. The van der Waals surface area contributed by atoms with Crippen LogP contribution in [0.15, 0.2) is 70.1 Å². The van der Waals surface area contributed by atoms with Crippen LogP contribution in [0.2, 0.25) is 0 Å². The minimum Gasteiger partial charge on any atom is -0.504 e. The molecule has 140 valence electrons. The molecular formula is C23H20N2O3. The number of aromatic nitrogens is 1. The lowest BCUT2D eigenvalue weighted by molar-refractivity contribution is 0.318. The van der Waals surface area contributed by atoms with Gasteiger partial charge in [0.2, 0.25) is 5.89 Å². The maximum absolute atomic E-state index is 10.3. The molecule has 0 fully saturated rings. The van der Waals surface area contributed by atoms with Crippen LogP contribution in [0, 0.1) is 6.92 Å². The van der Waals surface area contributed by atoms with Gasteiger partial charge >= 0.3 is 0 Å². The Balaban J connectivity index is 1.65. The topological polar surface area (TPSA) is 67.9 Å². The Kier molecular flexibility index (Phi) is 4.81. The minimum atomic E-state index is 0.0810. The summed E-state index contributed by atoms with van der Waals surface area (Å²) in [6.45, 7) is 4.39. The summed E-state index contributed by atoms with van der Waals surface area (Å²) in [6, 6.07) is 18.9. The van der Waals surface area contributed by atoms with Crippen LogP contribution in [0.25, 0.3) is 22.6 Å². The molecule has 4 rings (SSSR count). The van der Waals surface area contributed by atoms with Crippen molar-refractivity contribution in [1.82, 2.24) is 4.98 Å². The summed E-state index contributed by atoms with van der Waals surface area (Å²) in [5.74, 6) is 1.12. The van der Waals surface area contributed by atoms with Crippen molar-refractivity contribution in [2.45, 2.75) is 13.8 Å².